The van der Waals surface area contributed by atoms with Crippen LogP contribution in [0.1, 0.15) is 32.9 Å². The summed E-state index contributed by atoms with van der Waals surface area (Å²) in [6.45, 7) is 8.62. The number of hydrogen-bond donors (Lipinski definition) is 1. The number of hydrazone groups is 1. The van der Waals surface area contributed by atoms with Gasteiger partial charge >= 0.3 is 0 Å². The fourth-order valence-corrected chi connectivity index (χ4v) is 5.78. The second-order valence-electron chi connectivity index (χ2n) is 10.1. The van der Waals surface area contributed by atoms with E-state index < -0.39 is 0 Å². The summed E-state index contributed by atoms with van der Waals surface area (Å²) in [5.41, 5.74) is 9.25. The molecule has 0 aliphatic carbocycles. The van der Waals surface area contributed by atoms with Gasteiger partial charge in [-0.2, -0.15) is 5.10 Å². The zero-order valence-electron chi connectivity index (χ0n) is 23.4. The average Bonchev–Trinajstić information content (AvgIpc) is 3.25. The number of nitrogens with one attached hydrogen (secondary N) is 1. The first kappa shape index (κ1) is 28.7. The van der Waals surface area contributed by atoms with Crippen LogP contribution in [0.3, 0.4) is 0 Å². The second kappa shape index (κ2) is 12.8. The number of halogens is 2. The molecule has 0 atom stereocenters. The van der Waals surface area contributed by atoms with Crippen molar-refractivity contribution in [1.29, 1.82) is 0 Å². The lowest BCUT2D eigenvalue weighted by Gasteiger charge is -2.36. The molecule has 1 saturated heterocycles. The number of benzene rings is 3. The van der Waals surface area contributed by atoms with Gasteiger partial charge in [0.05, 0.1) is 19.0 Å². The smallest absolute Gasteiger partial charge is 0.271 e. The molecule has 1 N–H and O–H groups in total. The highest BCUT2D eigenvalue weighted by Gasteiger charge is 2.20. The van der Waals surface area contributed by atoms with Crippen molar-refractivity contribution in [2.24, 2.45) is 5.10 Å². The minimum absolute atomic E-state index is 0.256. The van der Waals surface area contributed by atoms with Crippen LogP contribution in [0.25, 0.3) is 5.69 Å². The van der Waals surface area contributed by atoms with E-state index >= 15 is 0 Å². The van der Waals surface area contributed by atoms with E-state index in [1.165, 1.54) is 5.56 Å². The number of amides is 1. The van der Waals surface area contributed by atoms with Crippen LogP contribution in [0, 0.1) is 13.8 Å². The van der Waals surface area contributed by atoms with E-state index in [4.69, 9.17) is 27.9 Å². The zero-order valence-corrected chi connectivity index (χ0v) is 24.9. The average molecular weight is 591 g/mol. The zero-order chi connectivity index (χ0) is 28.9. The third-order valence-corrected chi connectivity index (χ3v) is 7.80. The molecule has 1 aromatic heterocycles. The van der Waals surface area contributed by atoms with Gasteiger partial charge in [-0.05, 0) is 67.9 Å². The monoisotopic (exact) mass is 589 g/mol. The van der Waals surface area contributed by atoms with Gasteiger partial charge in [-0.3, -0.25) is 9.69 Å². The number of rotatable bonds is 8. The van der Waals surface area contributed by atoms with Gasteiger partial charge in [-0.15, -0.1) is 0 Å². The van der Waals surface area contributed by atoms with Crippen molar-refractivity contribution in [2.45, 2.75) is 20.4 Å². The summed E-state index contributed by atoms with van der Waals surface area (Å²) in [5, 5.41) is 5.35. The molecule has 41 heavy (non-hydrogen) atoms. The maximum absolute atomic E-state index is 12.7. The Hall–Kier alpha value is -3.78. The van der Waals surface area contributed by atoms with Crippen LogP contribution in [0.15, 0.2) is 77.9 Å². The lowest BCUT2D eigenvalue weighted by atomic mass is 10.1. The number of carbonyl (C=O) groups is 1. The number of methoxy groups -OCH3 is 1. The van der Waals surface area contributed by atoms with Crippen molar-refractivity contribution in [2.75, 3.05) is 38.2 Å². The van der Waals surface area contributed by atoms with E-state index in [2.05, 4.69) is 31.0 Å². The number of aryl methyl sites for hydroxylation is 1. The van der Waals surface area contributed by atoms with Gasteiger partial charge in [0.1, 0.15) is 5.75 Å². The summed E-state index contributed by atoms with van der Waals surface area (Å²) >= 11 is 12.4. The molecule has 0 unspecified atom stereocenters. The first-order valence-corrected chi connectivity index (χ1v) is 14.3. The molecule has 5 rings (SSSR count). The molecule has 212 valence electrons. The standard InChI is InChI=1S/C32H33Cl2N5O2/c1-22-16-26(23(2)39(22)29-18-27(33)17-28(34)19-29)20-35-36-32(40)25-10-8-24(9-11-25)21-37-12-14-38(15-13-37)30-6-4-5-7-31(30)41-3/h4-11,16-20H,12-15,21H2,1-3H3,(H,36,40)/b35-20-. The highest BCUT2D eigenvalue weighted by Crippen LogP contribution is 2.29. The topological polar surface area (TPSA) is 62.1 Å². The number of hydrogen-bond acceptors (Lipinski definition) is 5. The molecular formula is C32H33Cl2N5O2. The third kappa shape index (κ3) is 6.76. The quantitative estimate of drug-likeness (QED) is 0.188. The molecule has 1 amide bonds. The molecule has 0 radical (unpaired) electrons. The highest BCUT2D eigenvalue weighted by atomic mass is 35.5. The second-order valence-corrected chi connectivity index (χ2v) is 11.0. The third-order valence-electron chi connectivity index (χ3n) is 7.37. The van der Waals surface area contributed by atoms with E-state index in [9.17, 15) is 4.79 Å². The van der Waals surface area contributed by atoms with Crippen LogP contribution in [-0.4, -0.2) is 54.9 Å². The fraction of sp³-hybridized carbons (Fsp3) is 0.250. The van der Waals surface area contributed by atoms with Crippen LogP contribution in [0.4, 0.5) is 5.69 Å². The molecule has 9 heteroatoms. The normalized spacial score (nSPS) is 14.0. The highest BCUT2D eigenvalue weighted by molar-refractivity contribution is 6.34. The van der Waals surface area contributed by atoms with Crippen molar-refractivity contribution in [3.05, 3.63) is 111 Å². The van der Waals surface area contributed by atoms with E-state index in [-0.39, 0.29) is 5.91 Å². The van der Waals surface area contributed by atoms with Gasteiger partial charge in [-0.1, -0.05) is 47.5 Å². The Kier molecular flexibility index (Phi) is 8.98. The number of carbonyl (C=O) groups excluding carboxylic acids is 1. The molecule has 7 nitrogen and oxygen atoms in total. The van der Waals surface area contributed by atoms with Gasteiger partial charge in [0.25, 0.3) is 5.91 Å². The van der Waals surface area contributed by atoms with Crippen molar-refractivity contribution < 1.29 is 9.53 Å². The maximum atomic E-state index is 12.7. The SMILES string of the molecule is COc1ccccc1N1CCN(Cc2ccc(C(=O)N/N=C\c3cc(C)n(-c4cc(Cl)cc(Cl)c4)c3C)cc2)CC1. The predicted octanol–water partition coefficient (Wildman–Crippen LogP) is 6.50. The Labute approximate surface area is 250 Å². The number of piperazine rings is 1. The Morgan fingerprint density at radius 1 is 0.951 bits per heavy atom. The lowest BCUT2D eigenvalue weighted by Crippen LogP contribution is -2.46. The summed E-state index contributed by atoms with van der Waals surface area (Å²) in [7, 11) is 1.71. The molecule has 0 spiro atoms. The predicted molar refractivity (Wildman–Crippen MR) is 167 cm³/mol. The van der Waals surface area contributed by atoms with Crippen molar-refractivity contribution in [3.63, 3.8) is 0 Å². The summed E-state index contributed by atoms with van der Waals surface area (Å²) in [6.07, 6.45) is 1.65. The van der Waals surface area contributed by atoms with Gasteiger partial charge < -0.3 is 14.2 Å². The molecule has 0 bridgehead atoms. The molecule has 3 aromatic carbocycles. The van der Waals surface area contributed by atoms with E-state index in [0.717, 1.165) is 66.8 Å². The van der Waals surface area contributed by atoms with Crippen molar-refractivity contribution in [1.82, 2.24) is 14.9 Å². The number of nitrogens with zero attached hydrogens (tertiary/aromatic N) is 4. The van der Waals surface area contributed by atoms with Gasteiger partial charge in [0.15, 0.2) is 0 Å². The van der Waals surface area contributed by atoms with Gasteiger partial charge in [0, 0.05) is 71.0 Å². The minimum atomic E-state index is -0.256. The number of ether oxygens (including phenoxy) is 1. The number of anilines is 1. The Morgan fingerprint density at radius 3 is 2.32 bits per heavy atom. The van der Waals surface area contributed by atoms with Crippen LogP contribution < -0.4 is 15.1 Å². The van der Waals surface area contributed by atoms with Crippen LogP contribution in [0.2, 0.25) is 10.0 Å². The molecule has 2 heterocycles. The number of para-hydroxylation sites is 2. The summed E-state index contributed by atoms with van der Waals surface area (Å²) in [4.78, 5) is 17.5. The molecule has 1 aliphatic rings. The van der Waals surface area contributed by atoms with E-state index in [1.54, 1.807) is 19.4 Å². The lowest BCUT2D eigenvalue weighted by molar-refractivity contribution is 0.0955. The molecule has 4 aromatic rings. The van der Waals surface area contributed by atoms with E-state index in [1.807, 2.05) is 74.5 Å². The van der Waals surface area contributed by atoms with Gasteiger partial charge in [-0.25, -0.2) is 5.43 Å². The Balaban J connectivity index is 1.15. The number of aromatic nitrogens is 1. The maximum Gasteiger partial charge on any atom is 0.271 e. The van der Waals surface area contributed by atoms with Crippen molar-refractivity contribution >= 4 is 41.0 Å². The Morgan fingerprint density at radius 2 is 1.63 bits per heavy atom. The first-order chi connectivity index (χ1) is 19.8. The minimum Gasteiger partial charge on any atom is -0.495 e. The molecule has 1 aliphatic heterocycles. The van der Waals surface area contributed by atoms with Crippen LogP contribution >= 0.6 is 23.2 Å². The fourth-order valence-electron chi connectivity index (χ4n) is 5.27. The molecule has 0 saturated carbocycles. The Bertz CT molecular complexity index is 1540. The summed E-state index contributed by atoms with van der Waals surface area (Å²) in [6, 6.07) is 23.3. The van der Waals surface area contributed by atoms with Gasteiger partial charge in [0.2, 0.25) is 0 Å². The molecular weight excluding hydrogens is 557 g/mol. The van der Waals surface area contributed by atoms with Crippen LogP contribution in [0.5, 0.6) is 5.75 Å². The first-order valence-electron chi connectivity index (χ1n) is 13.5. The van der Waals surface area contributed by atoms with E-state index in [0.29, 0.717) is 15.6 Å². The summed E-state index contributed by atoms with van der Waals surface area (Å²) in [5.74, 6) is 0.652. The van der Waals surface area contributed by atoms with Crippen molar-refractivity contribution in [3.8, 4) is 11.4 Å². The van der Waals surface area contributed by atoms with Crippen LogP contribution in [-0.2, 0) is 6.54 Å². The summed E-state index contributed by atoms with van der Waals surface area (Å²) < 4.78 is 7.58. The largest absolute Gasteiger partial charge is 0.495 e. The molecule has 1 fully saturated rings.